The van der Waals surface area contributed by atoms with Gasteiger partial charge in [0.15, 0.2) is 6.04 Å². The Morgan fingerprint density at radius 1 is 1.50 bits per heavy atom. The molecule has 3 heterocycles. The summed E-state index contributed by atoms with van der Waals surface area (Å²) in [5.41, 5.74) is 0.772. The molecule has 0 aliphatic carbocycles. The number of fused-ring (bicyclic) bond motifs is 1. The zero-order valence-electron chi connectivity index (χ0n) is 11.2. The van der Waals surface area contributed by atoms with Crippen molar-refractivity contribution >= 4 is 23.2 Å². The Morgan fingerprint density at radius 2 is 2.30 bits per heavy atom. The standard InChI is InChI=1S/C14H17NO4S/c1-8-6-9(7-19-8)13(16)15-4-2-11-10(3-5-20-11)12(15)14(17)18/h3,5,8-9,12H,2,4,6-7H2,1H3,(H,17,18). The predicted octanol–water partition coefficient (Wildman–Crippen LogP) is 1.68. The number of hydrogen-bond donors (Lipinski definition) is 1. The van der Waals surface area contributed by atoms with Crippen LogP contribution in [-0.4, -0.2) is 41.1 Å². The molecule has 2 aliphatic rings. The SMILES string of the molecule is CC1CC(C(=O)N2CCc3sccc3C2C(=O)O)CO1. The number of thiophene rings is 1. The van der Waals surface area contributed by atoms with Crippen molar-refractivity contribution in [2.75, 3.05) is 13.2 Å². The van der Waals surface area contributed by atoms with Crippen LogP contribution in [0.25, 0.3) is 0 Å². The van der Waals surface area contributed by atoms with Crippen LogP contribution in [0.15, 0.2) is 11.4 Å². The number of carboxylic acid groups (broad SMARTS) is 1. The van der Waals surface area contributed by atoms with E-state index in [0.717, 1.165) is 16.9 Å². The Labute approximate surface area is 121 Å². The number of carboxylic acids is 1. The molecule has 1 amide bonds. The molecule has 5 nitrogen and oxygen atoms in total. The van der Waals surface area contributed by atoms with Crippen LogP contribution in [0, 0.1) is 5.92 Å². The number of hydrogen-bond acceptors (Lipinski definition) is 4. The van der Waals surface area contributed by atoms with Gasteiger partial charge in [-0.2, -0.15) is 0 Å². The van der Waals surface area contributed by atoms with E-state index in [9.17, 15) is 14.7 Å². The molecule has 108 valence electrons. The van der Waals surface area contributed by atoms with Gasteiger partial charge >= 0.3 is 5.97 Å². The summed E-state index contributed by atoms with van der Waals surface area (Å²) in [6.07, 6.45) is 1.50. The van der Waals surface area contributed by atoms with Gasteiger partial charge in [-0.15, -0.1) is 11.3 Å². The molecular formula is C14H17NO4S. The van der Waals surface area contributed by atoms with Gasteiger partial charge in [0.1, 0.15) is 0 Å². The van der Waals surface area contributed by atoms with Gasteiger partial charge in [-0.1, -0.05) is 0 Å². The maximum absolute atomic E-state index is 12.6. The number of rotatable bonds is 2. The van der Waals surface area contributed by atoms with Crippen molar-refractivity contribution in [2.24, 2.45) is 5.92 Å². The lowest BCUT2D eigenvalue weighted by Crippen LogP contribution is -2.45. The molecule has 0 aromatic carbocycles. The molecular weight excluding hydrogens is 278 g/mol. The molecule has 2 aliphatic heterocycles. The van der Waals surface area contributed by atoms with E-state index in [1.807, 2.05) is 18.4 Å². The van der Waals surface area contributed by atoms with Crippen LogP contribution >= 0.6 is 11.3 Å². The zero-order valence-corrected chi connectivity index (χ0v) is 12.1. The summed E-state index contributed by atoms with van der Waals surface area (Å²) < 4.78 is 5.43. The minimum absolute atomic E-state index is 0.0775. The van der Waals surface area contributed by atoms with Crippen molar-refractivity contribution in [2.45, 2.75) is 31.9 Å². The lowest BCUT2D eigenvalue weighted by molar-refractivity contribution is -0.153. The fourth-order valence-corrected chi connectivity index (χ4v) is 3.95. The first kappa shape index (κ1) is 13.6. The Morgan fingerprint density at radius 3 is 2.95 bits per heavy atom. The summed E-state index contributed by atoms with van der Waals surface area (Å²) in [5, 5.41) is 11.4. The third-order valence-electron chi connectivity index (χ3n) is 4.03. The van der Waals surface area contributed by atoms with Crippen LogP contribution in [0.3, 0.4) is 0 Å². The summed E-state index contributed by atoms with van der Waals surface area (Å²) >= 11 is 1.57. The second-order valence-electron chi connectivity index (χ2n) is 5.40. The summed E-state index contributed by atoms with van der Waals surface area (Å²) in [4.78, 5) is 26.8. The molecule has 1 N–H and O–H groups in total. The van der Waals surface area contributed by atoms with Crippen molar-refractivity contribution in [1.82, 2.24) is 4.90 Å². The molecule has 1 aromatic heterocycles. The molecule has 1 saturated heterocycles. The molecule has 0 saturated carbocycles. The predicted molar refractivity (Wildman–Crippen MR) is 73.6 cm³/mol. The summed E-state index contributed by atoms with van der Waals surface area (Å²) in [6.45, 7) is 2.82. The van der Waals surface area contributed by atoms with Crippen LogP contribution in [0.5, 0.6) is 0 Å². The highest BCUT2D eigenvalue weighted by Crippen LogP contribution is 2.35. The molecule has 0 radical (unpaired) electrons. The summed E-state index contributed by atoms with van der Waals surface area (Å²) in [5.74, 6) is -1.24. The highest BCUT2D eigenvalue weighted by molar-refractivity contribution is 7.10. The van der Waals surface area contributed by atoms with Gasteiger partial charge < -0.3 is 14.7 Å². The first-order valence-electron chi connectivity index (χ1n) is 6.79. The Balaban J connectivity index is 1.86. The van der Waals surface area contributed by atoms with Gasteiger partial charge in [-0.25, -0.2) is 4.79 Å². The van der Waals surface area contributed by atoms with Gasteiger partial charge in [0.2, 0.25) is 5.91 Å². The first-order valence-corrected chi connectivity index (χ1v) is 7.67. The fraction of sp³-hybridized carbons (Fsp3) is 0.571. The van der Waals surface area contributed by atoms with Crippen molar-refractivity contribution < 1.29 is 19.4 Å². The van der Waals surface area contributed by atoms with E-state index in [2.05, 4.69) is 0 Å². The summed E-state index contributed by atoms with van der Waals surface area (Å²) in [7, 11) is 0. The molecule has 20 heavy (non-hydrogen) atoms. The molecule has 1 fully saturated rings. The van der Waals surface area contributed by atoms with Crippen LogP contribution < -0.4 is 0 Å². The number of ether oxygens (including phenoxy) is 1. The van der Waals surface area contributed by atoms with E-state index in [1.54, 1.807) is 11.3 Å². The van der Waals surface area contributed by atoms with Gasteiger partial charge in [0.25, 0.3) is 0 Å². The van der Waals surface area contributed by atoms with Crippen molar-refractivity contribution in [3.8, 4) is 0 Å². The molecule has 0 spiro atoms. The van der Waals surface area contributed by atoms with Crippen LogP contribution in [-0.2, 0) is 20.7 Å². The maximum Gasteiger partial charge on any atom is 0.331 e. The molecule has 3 unspecified atom stereocenters. The molecule has 3 rings (SSSR count). The second kappa shape index (κ2) is 5.18. The fourth-order valence-electron chi connectivity index (χ4n) is 3.04. The van der Waals surface area contributed by atoms with E-state index < -0.39 is 12.0 Å². The normalized spacial score (nSPS) is 29.2. The topological polar surface area (TPSA) is 66.8 Å². The van der Waals surface area contributed by atoms with Crippen molar-refractivity contribution in [1.29, 1.82) is 0 Å². The molecule has 1 aromatic rings. The quantitative estimate of drug-likeness (QED) is 0.901. The first-order chi connectivity index (χ1) is 9.58. The van der Waals surface area contributed by atoms with Crippen molar-refractivity contribution in [3.63, 3.8) is 0 Å². The number of nitrogens with zero attached hydrogens (tertiary/aromatic N) is 1. The van der Waals surface area contributed by atoms with Gasteiger partial charge in [-0.05, 0) is 36.8 Å². The smallest absolute Gasteiger partial charge is 0.331 e. The van der Waals surface area contributed by atoms with Crippen LogP contribution in [0.4, 0.5) is 0 Å². The summed E-state index contributed by atoms with van der Waals surface area (Å²) in [6, 6.07) is 0.986. The zero-order chi connectivity index (χ0) is 14.3. The van der Waals surface area contributed by atoms with E-state index in [4.69, 9.17) is 4.74 Å². The average molecular weight is 295 g/mol. The third-order valence-corrected chi connectivity index (χ3v) is 5.03. The van der Waals surface area contributed by atoms with Crippen LogP contribution in [0.1, 0.15) is 29.8 Å². The van der Waals surface area contributed by atoms with Crippen LogP contribution in [0.2, 0.25) is 0 Å². The lowest BCUT2D eigenvalue weighted by Gasteiger charge is -2.34. The van der Waals surface area contributed by atoms with E-state index >= 15 is 0 Å². The van der Waals surface area contributed by atoms with E-state index in [0.29, 0.717) is 19.6 Å². The largest absolute Gasteiger partial charge is 0.479 e. The number of carbonyl (C=O) groups excluding carboxylic acids is 1. The van der Waals surface area contributed by atoms with E-state index in [1.165, 1.54) is 4.90 Å². The molecule has 0 bridgehead atoms. The number of carbonyl (C=O) groups is 2. The number of amides is 1. The van der Waals surface area contributed by atoms with Gasteiger partial charge in [0.05, 0.1) is 18.6 Å². The average Bonchev–Trinajstić information content (AvgIpc) is 3.04. The second-order valence-corrected chi connectivity index (χ2v) is 6.40. The molecule has 3 atom stereocenters. The maximum atomic E-state index is 12.6. The lowest BCUT2D eigenvalue weighted by atomic mass is 9.96. The molecule has 6 heteroatoms. The minimum atomic E-state index is -0.954. The van der Waals surface area contributed by atoms with E-state index in [-0.39, 0.29) is 17.9 Å². The third kappa shape index (κ3) is 2.23. The Hall–Kier alpha value is -1.40. The Kier molecular flexibility index (Phi) is 3.52. The minimum Gasteiger partial charge on any atom is -0.479 e. The Bertz CT molecular complexity index is 541. The monoisotopic (exact) mass is 295 g/mol. The highest BCUT2D eigenvalue weighted by atomic mass is 32.1. The number of aliphatic carboxylic acids is 1. The highest BCUT2D eigenvalue weighted by Gasteiger charge is 2.40. The van der Waals surface area contributed by atoms with Crippen molar-refractivity contribution in [3.05, 3.63) is 21.9 Å². The van der Waals surface area contributed by atoms with Gasteiger partial charge in [-0.3, -0.25) is 4.79 Å². The van der Waals surface area contributed by atoms with Gasteiger partial charge in [0, 0.05) is 11.4 Å².